The SMILES string of the molecule is C[C@H](OS(C)(=O)=O)c1nc([NH2+]C2CCOCC2)c(C=N)c(=O)[nH]1. The second kappa shape index (κ2) is 7.30. The second-order valence-corrected chi connectivity index (χ2v) is 7.05. The fraction of sp³-hybridized carbons (Fsp3) is 0.615. The number of hydrogen-bond acceptors (Lipinski definition) is 7. The highest BCUT2D eigenvalue weighted by atomic mass is 32.2. The van der Waals surface area contributed by atoms with Gasteiger partial charge in [-0.25, -0.2) is 0 Å². The molecule has 23 heavy (non-hydrogen) atoms. The van der Waals surface area contributed by atoms with Crippen LogP contribution in [0.1, 0.15) is 37.3 Å². The van der Waals surface area contributed by atoms with E-state index in [0.717, 1.165) is 25.3 Å². The molecule has 2 heterocycles. The smallest absolute Gasteiger partial charge is 0.266 e. The Morgan fingerprint density at radius 3 is 2.70 bits per heavy atom. The zero-order valence-electron chi connectivity index (χ0n) is 13.0. The first-order valence-corrected chi connectivity index (χ1v) is 9.07. The maximum Gasteiger partial charge on any atom is 0.266 e. The Morgan fingerprint density at radius 2 is 2.13 bits per heavy atom. The number of rotatable bonds is 6. The van der Waals surface area contributed by atoms with E-state index in [1.807, 2.05) is 5.32 Å². The first-order valence-electron chi connectivity index (χ1n) is 7.25. The van der Waals surface area contributed by atoms with Crippen molar-refractivity contribution in [3.05, 3.63) is 21.7 Å². The lowest BCUT2D eigenvalue weighted by Gasteiger charge is -2.20. The zero-order valence-corrected chi connectivity index (χ0v) is 13.9. The van der Waals surface area contributed by atoms with Crippen LogP contribution in [0, 0.1) is 5.41 Å². The summed E-state index contributed by atoms with van der Waals surface area (Å²) in [7, 11) is -3.67. The van der Waals surface area contributed by atoms with Crippen LogP contribution >= 0.6 is 0 Å². The van der Waals surface area contributed by atoms with Crippen molar-refractivity contribution in [2.24, 2.45) is 0 Å². The third-order valence-electron chi connectivity index (χ3n) is 3.51. The van der Waals surface area contributed by atoms with Gasteiger partial charge in [-0.1, -0.05) is 0 Å². The molecule has 1 fully saturated rings. The molecule has 1 aliphatic rings. The average Bonchev–Trinajstić information content (AvgIpc) is 2.46. The van der Waals surface area contributed by atoms with Crippen LogP contribution in [0.3, 0.4) is 0 Å². The Hall–Kier alpha value is -1.62. The lowest BCUT2D eigenvalue weighted by Crippen LogP contribution is -2.86. The molecule has 1 saturated heterocycles. The van der Waals surface area contributed by atoms with Gasteiger partial charge in [0.25, 0.3) is 15.7 Å². The minimum atomic E-state index is -3.67. The molecule has 0 saturated carbocycles. The molecule has 2 rings (SSSR count). The molecule has 1 aromatic rings. The van der Waals surface area contributed by atoms with Gasteiger partial charge in [-0.05, 0) is 6.92 Å². The molecular weight excluding hydrogens is 324 g/mol. The number of quaternary nitrogens is 1. The van der Waals surface area contributed by atoms with Gasteiger partial charge in [0.1, 0.15) is 17.5 Å². The summed E-state index contributed by atoms with van der Waals surface area (Å²) in [6.45, 7) is 2.77. The van der Waals surface area contributed by atoms with Crippen LogP contribution < -0.4 is 10.9 Å². The molecule has 10 heteroatoms. The topological polar surface area (TPSA) is 139 Å². The summed E-state index contributed by atoms with van der Waals surface area (Å²) >= 11 is 0. The van der Waals surface area contributed by atoms with Crippen molar-refractivity contribution in [3.8, 4) is 0 Å². The van der Waals surface area contributed by atoms with Crippen LogP contribution in [0.5, 0.6) is 0 Å². The molecule has 128 valence electrons. The van der Waals surface area contributed by atoms with Crippen LogP contribution in [-0.4, -0.2) is 50.1 Å². The summed E-state index contributed by atoms with van der Waals surface area (Å²) in [5, 5.41) is 9.25. The van der Waals surface area contributed by atoms with Crippen LogP contribution in [0.25, 0.3) is 0 Å². The van der Waals surface area contributed by atoms with Gasteiger partial charge in [0.2, 0.25) is 5.82 Å². The highest BCUT2D eigenvalue weighted by molar-refractivity contribution is 7.86. The van der Waals surface area contributed by atoms with Crippen molar-refractivity contribution in [3.63, 3.8) is 0 Å². The van der Waals surface area contributed by atoms with Gasteiger partial charge in [-0.2, -0.15) is 13.4 Å². The van der Waals surface area contributed by atoms with E-state index in [4.69, 9.17) is 14.3 Å². The molecular formula is C13H21N4O5S+. The molecule has 1 aliphatic heterocycles. The number of nitrogens with two attached hydrogens (primary N) is 1. The highest BCUT2D eigenvalue weighted by Gasteiger charge is 2.24. The third-order valence-corrected chi connectivity index (χ3v) is 4.15. The molecule has 0 amide bonds. The fourth-order valence-corrected chi connectivity index (χ4v) is 3.01. The number of nitrogens with zero attached hydrogens (tertiary/aromatic N) is 1. The van der Waals surface area contributed by atoms with E-state index in [1.54, 1.807) is 0 Å². The predicted octanol–water partition coefficient (Wildman–Crippen LogP) is -0.821. The number of aromatic amines is 1. The van der Waals surface area contributed by atoms with E-state index in [9.17, 15) is 13.2 Å². The number of ether oxygens (including phenoxy) is 1. The lowest BCUT2D eigenvalue weighted by molar-refractivity contribution is -0.619. The van der Waals surface area contributed by atoms with Gasteiger partial charge in [0.15, 0.2) is 0 Å². The standard InChI is InChI=1S/C13H20N4O5S/c1-8(22-23(2,19)20)11-16-12(10(7-14)13(18)17-11)15-9-3-5-21-6-4-9/h7-9,14H,3-6H2,1-2H3,(H2,15,16,17,18)/p+1/t8-/m0/s1. The monoisotopic (exact) mass is 345 g/mol. The van der Waals surface area contributed by atoms with Crippen LogP contribution in [0.2, 0.25) is 0 Å². The minimum Gasteiger partial charge on any atom is -0.381 e. The zero-order chi connectivity index (χ0) is 17.0. The molecule has 0 aromatic carbocycles. The summed E-state index contributed by atoms with van der Waals surface area (Å²) in [6.07, 6.45) is 2.60. The maximum atomic E-state index is 12.1. The fourth-order valence-electron chi connectivity index (χ4n) is 2.39. The third kappa shape index (κ3) is 4.93. The van der Waals surface area contributed by atoms with Gasteiger partial charge < -0.3 is 15.1 Å². The van der Waals surface area contributed by atoms with E-state index in [-0.39, 0.29) is 17.4 Å². The summed E-state index contributed by atoms with van der Waals surface area (Å²) in [4.78, 5) is 18.9. The van der Waals surface area contributed by atoms with Gasteiger partial charge in [-0.15, -0.1) is 0 Å². The molecule has 0 spiro atoms. The highest BCUT2D eigenvalue weighted by Crippen LogP contribution is 2.15. The van der Waals surface area contributed by atoms with Crippen molar-refractivity contribution < 1.29 is 22.7 Å². The van der Waals surface area contributed by atoms with Crippen molar-refractivity contribution in [1.82, 2.24) is 9.97 Å². The molecule has 0 aliphatic carbocycles. The lowest BCUT2D eigenvalue weighted by atomic mass is 10.1. The molecule has 1 atom stereocenters. The van der Waals surface area contributed by atoms with E-state index in [1.165, 1.54) is 6.92 Å². The molecule has 0 unspecified atom stereocenters. The Balaban J connectivity index is 2.31. The predicted molar refractivity (Wildman–Crippen MR) is 82.5 cm³/mol. The first kappa shape index (κ1) is 17.7. The van der Waals surface area contributed by atoms with E-state index >= 15 is 0 Å². The van der Waals surface area contributed by atoms with Gasteiger partial charge >= 0.3 is 0 Å². The summed E-state index contributed by atoms with van der Waals surface area (Å²) in [5.41, 5.74) is -0.348. The second-order valence-electron chi connectivity index (χ2n) is 5.45. The number of nitrogens with one attached hydrogen (secondary N) is 2. The number of H-pyrrole nitrogens is 1. The Kier molecular flexibility index (Phi) is 5.63. The summed E-state index contributed by atoms with van der Waals surface area (Å²) in [6, 6.07) is 0.204. The van der Waals surface area contributed by atoms with E-state index in [0.29, 0.717) is 19.0 Å². The van der Waals surface area contributed by atoms with Gasteiger partial charge in [0.05, 0.1) is 25.5 Å². The van der Waals surface area contributed by atoms with Crippen molar-refractivity contribution in [2.75, 3.05) is 19.5 Å². The quantitative estimate of drug-likeness (QED) is 0.455. The molecule has 4 N–H and O–H groups in total. The molecule has 1 aromatic heterocycles. The van der Waals surface area contributed by atoms with Crippen molar-refractivity contribution in [1.29, 1.82) is 5.41 Å². The molecule has 9 nitrogen and oxygen atoms in total. The van der Waals surface area contributed by atoms with E-state index < -0.39 is 21.8 Å². The average molecular weight is 345 g/mol. The Labute approximate surface area is 134 Å². The van der Waals surface area contributed by atoms with Crippen molar-refractivity contribution in [2.45, 2.75) is 31.9 Å². The largest absolute Gasteiger partial charge is 0.381 e. The van der Waals surface area contributed by atoms with E-state index in [2.05, 4.69) is 9.97 Å². The molecule has 0 bridgehead atoms. The van der Waals surface area contributed by atoms with Gasteiger partial charge in [-0.3, -0.25) is 14.3 Å². The van der Waals surface area contributed by atoms with Crippen LogP contribution in [0.4, 0.5) is 5.82 Å². The molecule has 0 radical (unpaired) electrons. The normalized spacial score (nSPS) is 17.8. The number of aromatic nitrogens is 2. The first-order chi connectivity index (χ1) is 10.8. The van der Waals surface area contributed by atoms with Crippen LogP contribution in [-0.2, 0) is 19.0 Å². The van der Waals surface area contributed by atoms with Crippen LogP contribution in [0.15, 0.2) is 4.79 Å². The Bertz CT molecular complexity index is 724. The summed E-state index contributed by atoms with van der Waals surface area (Å²) in [5.74, 6) is 0.485. The Morgan fingerprint density at radius 1 is 1.48 bits per heavy atom. The summed E-state index contributed by atoms with van der Waals surface area (Å²) < 4.78 is 32.6. The minimum absolute atomic E-state index is 0.115. The van der Waals surface area contributed by atoms with Gasteiger partial charge in [0, 0.05) is 19.1 Å². The maximum absolute atomic E-state index is 12.1. The number of hydrogen-bond donors (Lipinski definition) is 3. The van der Waals surface area contributed by atoms with Crippen molar-refractivity contribution >= 4 is 22.2 Å².